The zero-order chi connectivity index (χ0) is 26.2. The molecule has 0 bridgehead atoms. The van der Waals surface area contributed by atoms with E-state index in [2.05, 4.69) is 97.1 Å². The zero-order valence-electron chi connectivity index (χ0n) is 21.5. The molecule has 0 atom stereocenters. The molecule has 0 aromatic heterocycles. The van der Waals surface area contributed by atoms with Crippen LogP contribution in [-0.2, 0) is 13.0 Å². The first-order valence-electron chi connectivity index (χ1n) is 13.0. The fourth-order valence-corrected chi connectivity index (χ4v) is 9.34. The maximum atomic E-state index is 7.80. The molecule has 0 saturated carbocycles. The van der Waals surface area contributed by atoms with Crippen molar-refractivity contribution in [2.75, 3.05) is 6.61 Å². The van der Waals surface area contributed by atoms with Gasteiger partial charge in [-0.3, -0.25) is 0 Å². The van der Waals surface area contributed by atoms with Gasteiger partial charge in [0.1, 0.15) is 0 Å². The predicted molar refractivity (Wildman–Crippen MR) is 164 cm³/mol. The minimum atomic E-state index is -2.76. The normalized spacial score (nSPS) is 11.6. The second kappa shape index (κ2) is 12.3. The van der Waals surface area contributed by atoms with E-state index in [0.29, 0.717) is 13.2 Å². The minimum absolute atomic E-state index is 0.487. The molecule has 0 radical (unpaired) electrons. The summed E-state index contributed by atoms with van der Waals surface area (Å²) in [5, 5.41) is 3.57. The van der Waals surface area contributed by atoms with Gasteiger partial charge in [0.25, 0.3) is 0 Å². The molecule has 5 aromatic carbocycles. The Balaban J connectivity index is 1.52. The summed E-state index contributed by atoms with van der Waals surface area (Å²) in [6.45, 7) is 0.301. The molecule has 0 N–H and O–H groups in total. The molecule has 0 amide bonds. The molecular formula is C34H32ClO2P. The standard InChI is InChI=1S/C34H32ClO2P/c1-2-36-32-23-22-28(25-33(32)37-26-27-14-6-3-7-15-27)24-29-16-12-13-21-34(29)38(35,30-17-8-4-9-18-30)31-19-10-5-11-20-31/h3-23,25,38H,2,24,26H2,1H3. The maximum absolute atomic E-state index is 7.80. The molecule has 5 aromatic rings. The first-order valence-corrected chi connectivity index (χ1v) is 16.0. The monoisotopic (exact) mass is 538 g/mol. The Bertz CT molecular complexity index is 1420. The van der Waals surface area contributed by atoms with Crippen LogP contribution in [0.1, 0.15) is 23.6 Å². The molecule has 0 saturated heterocycles. The number of rotatable bonds is 10. The van der Waals surface area contributed by atoms with Crippen LogP contribution in [0, 0.1) is 0 Å². The van der Waals surface area contributed by atoms with E-state index in [1.54, 1.807) is 0 Å². The Morgan fingerprint density at radius 3 is 1.79 bits per heavy atom. The van der Waals surface area contributed by atoms with Gasteiger partial charge >= 0.3 is 231 Å². The van der Waals surface area contributed by atoms with Gasteiger partial charge in [0.2, 0.25) is 0 Å². The van der Waals surface area contributed by atoms with Gasteiger partial charge in [0.15, 0.2) is 0 Å². The van der Waals surface area contributed by atoms with Crippen molar-refractivity contribution in [1.82, 2.24) is 0 Å². The summed E-state index contributed by atoms with van der Waals surface area (Å²) in [5.74, 6) is 1.52. The number of ether oxygens (including phenoxy) is 2. The van der Waals surface area contributed by atoms with Gasteiger partial charge in [-0.2, -0.15) is 0 Å². The molecular weight excluding hydrogens is 507 g/mol. The first-order chi connectivity index (χ1) is 18.7. The number of benzene rings is 5. The van der Waals surface area contributed by atoms with Crippen LogP contribution in [0.4, 0.5) is 0 Å². The van der Waals surface area contributed by atoms with Gasteiger partial charge in [0, 0.05) is 0 Å². The molecule has 192 valence electrons. The summed E-state index contributed by atoms with van der Waals surface area (Å²) < 4.78 is 12.1. The summed E-state index contributed by atoms with van der Waals surface area (Å²) in [5.41, 5.74) is 3.49. The van der Waals surface area contributed by atoms with E-state index in [-0.39, 0.29) is 0 Å². The van der Waals surface area contributed by atoms with Gasteiger partial charge in [-0.1, -0.05) is 0 Å². The molecule has 0 aliphatic heterocycles. The Labute approximate surface area is 231 Å². The summed E-state index contributed by atoms with van der Waals surface area (Å²) >= 11 is 7.80. The molecule has 0 spiro atoms. The molecule has 0 aliphatic rings. The topological polar surface area (TPSA) is 18.5 Å². The summed E-state index contributed by atoms with van der Waals surface area (Å²) in [7, 11) is 0. The van der Waals surface area contributed by atoms with Crippen molar-refractivity contribution in [3.05, 3.63) is 150 Å². The van der Waals surface area contributed by atoms with E-state index in [1.807, 2.05) is 43.3 Å². The van der Waals surface area contributed by atoms with E-state index >= 15 is 0 Å². The molecule has 5 rings (SSSR count). The van der Waals surface area contributed by atoms with Crippen molar-refractivity contribution in [2.24, 2.45) is 0 Å². The summed E-state index contributed by atoms with van der Waals surface area (Å²) in [6.07, 6.45) is 0.741. The van der Waals surface area contributed by atoms with Crippen LogP contribution in [0.25, 0.3) is 0 Å². The molecule has 2 nitrogen and oxygen atoms in total. The molecule has 0 unspecified atom stereocenters. The quantitative estimate of drug-likeness (QED) is 0.172. The van der Waals surface area contributed by atoms with Gasteiger partial charge in [0.05, 0.1) is 0 Å². The van der Waals surface area contributed by atoms with E-state index in [0.717, 1.165) is 29.0 Å². The molecule has 38 heavy (non-hydrogen) atoms. The van der Waals surface area contributed by atoms with Crippen LogP contribution in [0.5, 0.6) is 11.5 Å². The number of hydrogen-bond donors (Lipinski definition) is 0. The van der Waals surface area contributed by atoms with Crippen LogP contribution in [-0.4, -0.2) is 6.61 Å². The van der Waals surface area contributed by atoms with E-state index in [9.17, 15) is 0 Å². The zero-order valence-corrected chi connectivity index (χ0v) is 23.3. The third-order valence-corrected chi connectivity index (χ3v) is 12.1. The fourth-order valence-electron chi connectivity index (χ4n) is 4.83. The first kappa shape index (κ1) is 26.0. The molecule has 0 heterocycles. The number of hydrogen-bond acceptors (Lipinski definition) is 2. The second-order valence-corrected chi connectivity index (χ2v) is 13.9. The van der Waals surface area contributed by atoms with Crippen LogP contribution < -0.4 is 25.4 Å². The Hall–Kier alpha value is -3.58. The van der Waals surface area contributed by atoms with E-state index < -0.39 is 6.62 Å². The molecule has 0 aliphatic carbocycles. The molecule has 4 heteroatoms. The van der Waals surface area contributed by atoms with Crippen LogP contribution >= 0.6 is 17.9 Å². The van der Waals surface area contributed by atoms with Crippen LogP contribution in [0.15, 0.2) is 133 Å². The molecule has 0 fully saturated rings. The third kappa shape index (κ3) is 5.78. The average molecular weight is 539 g/mol. The Morgan fingerprint density at radius 2 is 1.16 bits per heavy atom. The van der Waals surface area contributed by atoms with Gasteiger partial charge in [-0.05, 0) is 0 Å². The van der Waals surface area contributed by atoms with Crippen molar-refractivity contribution in [3.8, 4) is 11.5 Å². The van der Waals surface area contributed by atoms with E-state index in [4.69, 9.17) is 20.7 Å². The van der Waals surface area contributed by atoms with Crippen molar-refractivity contribution >= 4 is 33.8 Å². The fraction of sp³-hybridized carbons (Fsp3) is 0.118. The van der Waals surface area contributed by atoms with Crippen LogP contribution in [0.2, 0.25) is 0 Å². The SMILES string of the molecule is CCOc1ccc(Cc2ccccc2[PH](Cl)(c2ccccc2)c2ccccc2)cc1OCc1ccccc1. The van der Waals surface area contributed by atoms with Gasteiger partial charge in [-0.15, -0.1) is 0 Å². The van der Waals surface area contributed by atoms with E-state index in [1.165, 1.54) is 21.5 Å². The average Bonchev–Trinajstić information content (AvgIpc) is 2.98. The Kier molecular flexibility index (Phi) is 8.44. The van der Waals surface area contributed by atoms with Gasteiger partial charge < -0.3 is 0 Å². The van der Waals surface area contributed by atoms with Gasteiger partial charge in [-0.25, -0.2) is 0 Å². The van der Waals surface area contributed by atoms with Crippen molar-refractivity contribution < 1.29 is 9.47 Å². The van der Waals surface area contributed by atoms with Crippen molar-refractivity contribution in [3.63, 3.8) is 0 Å². The third-order valence-electron chi connectivity index (χ3n) is 6.67. The second-order valence-electron chi connectivity index (χ2n) is 9.21. The van der Waals surface area contributed by atoms with Crippen LogP contribution in [0.3, 0.4) is 0 Å². The number of halogens is 1. The predicted octanol–water partition coefficient (Wildman–Crippen LogP) is 7.44. The van der Waals surface area contributed by atoms with Crippen molar-refractivity contribution in [1.29, 1.82) is 0 Å². The Morgan fingerprint density at radius 1 is 0.579 bits per heavy atom. The summed E-state index contributed by atoms with van der Waals surface area (Å²) in [4.78, 5) is 0. The summed E-state index contributed by atoms with van der Waals surface area (Å²) in [6, 6.07) is 46.1. The van der Waals surface area contributed by atoms with Crippen molar-refractivity contribution in [2.45, 2.75) is 20.0 Å².